The molecule has 5 rings (SSSR count). The number of imidazole rings is 1. The lowest BCUT2D eigenvalue weighted by Gasteiger charge is -2.28. The Morgan fingerprint density at radius 2 is 2.03 bits per heavy atom. The van der Waals surface area contributed by atoms with Gasteiger partial charge in [0.2, 0.25) is 11.8 Å². The zero-order chi connectivity index (χ0) is 20.7. The lowest BCUT2D eigenvalue weighted by Crippen LogP contribution is -2.29. The van der Waals surface area contributed by atoms with E-state index in [1.54, 1.807) is 37.2 Å². The molecule has 9 heteroatoms. The van der Waals surface area contributed by atoms with Crippen LogP contribution >= 0.6 is 0 Å². The molecule has 0 saturated heterocycles. The Kier molecular flexibility index (Phi) is 4.74. The van der Waals surface area contributed by atoms with Crippen molar-refractivity contribution in [2.75, 3.05) is 19.5 Å². The first-order valence-corrected chi connectivity index (χ1v) is 10.0. The van der Waals surface area contributed by atoms with Gasteiger partial charge in [0.1, 0.15) is 5.65 Å². The van der Waals surface area contributed by atoms with Crippen LogP contribution in [-0.4, -0.2) is 50.7 Å². The summed E-state index contributed by atoms with van der Waals surface area (Å²) in [4.78, 5) is 16.4. The summed E-state index contributed by atoms with van der Waals surface area (Å²) in [6, 6.07) is 1.76. The van der Waals surface area contributed by atoms with Crippen molar-refractivity contribution in [2.24, 2.45) is 0 Å². The fourth-order valence-corrected chi connectivity index (χ4v) is 4.20. The molecule has 4 aromatic heterocycles. The Morgan fingerprint density at radius 1 is 1.20 bits per heavy atom. The first-order valence-electron chi connectivity index (χ1n) is 10.0. The van der Waals surface area contributed by atoms with Gasteiger partial charge in [-0.25, -0.2) is 9.37 Å². The normalized spacial score (nSPS) is 19.4. The summed E-state index contributed by atoms with van der Waals surface area (Å²) in [6.45, 7) is 0. The molecular formula is C21H23FN6O2. The monoisotopic (exact) mass is 410 g/mol. The second kappa shape index (κ2) is 7.56. The summed E-state index contributed by atoms with van der Waals surface area (Å²) >= 11 is 0. The highest BCUT2D eigenvalue weighted by Crippen LogP contribution is 2.35. The Labute approximate surface area is 172 Å². The number of nitrogens with zero attached hydrogens (tertiary/aromatic N) is 4. The third kappa shape index (κ3) is 3.24. The number of halogens is 1. The molecule has 4 heterocycles. The number of aromatic amines is 1. The molecule has 1 aliphatic carbocycles. The molecular weight excluding hydrogens is 387 g/mol. The molecule has 0 aromatic carbocycles. The van der Waals surface area contributed by atoms with Crippen LogP contribution in [0.1, 0.15) is 25.7 Å². The van der Waals surface area contributed by atoms with Crippen molar-refractivity contribution in [1.82, 2.24) is 24.3 Å². The highest BCUT2D eigenvalue weighted by Gasteiger charge is 2.23. The van der Waals surface area contributed by atoms with Crippen molar-refractivity contribution < 1.29 is 13.9 Å². The van der Waals surface area contributed by atoms with Crippen LogP contribution in [0.15, 0.2) is 30.9 Å². The molecule has 156 valence electrons. The lowest BCUT2D eigenvalue weighted by atomic mass is 9.93. The number of fused-ring (bicyclic) bond motifs is 2. The molecule has 8 nitrogen and oxygen atoms in total. The van der Waals surface area contributed by atoms with Gasteiger partial charge in [0.25, 0.3) is 0 Å². The maximum atomic E-state index is 14.5. The van der Waals surface area contributed by atoms with Crippen molar-refractivity contribution in [2.45, 2.75) is 37.8 Å². The second-order valence-corrected chi connectivity index (χ2v) is 7.57. The SMILES string of the molecule is COc1nc(N[C@H]2CC[C@H](OC)CC2)nc2[nH]cc(-c3cc(F)c4nccn4c3)c12. The fourth-order valence-electron chi connectivity index (χ4n) is 4.20. The maximum absolute atomic E-state index is 14.5. The van der Waals surface area contributed by atoms with Crippen LogP contribution in [0.25, 0.3) is 27.8 Å². The molecule has 0 spiro atoms. The minimum atomic E-state index is -0.392. The quantitative estimate of drug-likeness (QED) is 0.520. The van der Waals surface area contributed by atoms with Gasteiger partial charge < -0.3 is 24.2 Å². The Bertz CT molecular complexity index is 1200. The van der Waals surface area contributed by atoms with E-state index in [1.807, 2.05) is 6.20 Å². The van der Waals surface area contributed by atoms with Crippen molar-refractivity contribution in [3.63, 3.8) is 0 Å². The highest BCUT2D eigenvalue weighted by atomic mass is 19.1. The zero-order valence-corrected chi connectivity index (χ0v) is 16.9. The largest absolute Gasteiger partial charge is 0.480 e. The van der Waals surface area contributed by atoms with Crippen LogP contribution in [0.2, 0.25) is 0 Å². The van der Waals surface area contributed by atoms with E-state index in [4.69, 9.17) is 9.47 Å². The van der Waals surface area contributed by atoms with Gasteiger partial charge in [-0.05, 0) is 31.7 Å². The van der Waals surface area contributed by atoms with Crippen LogP contribution in [0, 0.1) is 5.82 Å². The van der Waals surface area contributed by atoms with Crippen molar-refractivity contribution >= 4 is 22.6 Å². The second-order valence-electron chi connectivity index (χ2n) is 7.57. The zero-order valence-electron chi connectivity index (χ0n) is 16.9. The number of hydrogen-bond donors (Lipinski definition) is 2. The molecule has 1 fully saturated rings. The molecule has 1 aliphatic rings. The lowest BCUT2D eigenvalue weighted by molar-refractivity contribution is 0.0681. The molecule has 0 atom stereocenters. The molecule has 30 heavy (non-hydrogen) atoms. The van der Waals surface area contributed by atoms with E-state index >= 15 is 0 Å². The van der Waals surface area contributed by atoms with E-state index in [0.717, 1.165) is 31.2 Å². The summed E-state index contributed by atoms with van der Waals surface area (Å²) in [5.41, 5.74) is 2.38. The summed E-state index contributed by atoms with van der Waals surface area (Å²) in [7, 11) is 3.34. The first-order chi connectivity index (χ1) is 14.7. The Balaban J connectivity index is 1.50. The summed E-state index contributed by atoms with van der Waals surface area (Å²) < 4.78 is 27.1. The molecule has 0 amide bonds. The summed E-state index contributed by atoms with van der Waals surface area (Å²) in [5.74, 6) is 0.567. The fraction of sp³-hybridized carbons (Fsp3) is 0.381. The topological polar surface area (TPSA) is 89.4 Å². The number of nitrogens with one attached hydrogen (secondary N) is 2. The van der Waals surface area contributed by atoms with Crippen molar-refractivity contribution in [3.8, 4) is 17.0 Å². The standard InChI is InChI=1S/C21H23FN6O2/c1-29-14-5-3-13(4-6-14)25-21-26-18-17(20(27-21)30-2)15(10-24-18)12-9-16(22)19-23-7-8-28(19)11-12/h7-11,13-14H,3-6H2,1-2H3,(H2,24,25,26,27)/t13-,14-. The van der Waals surface area contributed by atoms with Gasteiger partial charge in [-0.15, -0.1) is 0 Å². The van der Waals surface area contributed by atoms with Gasteiger partial charge in [0, 0.05) is 49.1 Å². The average Bonchev–Trinajstić information content (AvgIpc) is 3.41. The highest BCUT2D eigenvalue weighted by molar-refractivity contribution is 5.97. The molecule has 0 aliphatic heterocycles. The molecule has 0 unspecified atom stereocenters. The first kappa shape index (κ1) is 18.8. The van der Waals surface area contributed by atoms with Crippen LogP contribution in [0.4, 0.5) is 10.3 Å². The van der Waals surface area contributed by atoms with Crippen molar-refractivity contribution in [3.05, 3.63) is 36.7 Å². The van der Waals surface area contributed by atoms with Gasteiger partial charge in [-0.2, -0.15) is 9.97 Å². The predicted molar refractivity (Wildman–Crippen MR) is 111 cm³/mol. The minimum Gasteiger partial charge on any atom is -0.480 e. The summed E-state index contributed by atoms with van der Waals surface area (Å²) in [5, 5.41) is 4.13. The Hall–Kier alpha value is -3.20. The van der Waals surface area contributed by atoms with Crippen LogP contribution in [0.5, 0.6) is 5.88 Å². The molecule has 4 aromatic rings. The number of rotatable bonds is 5. The molecule has 0 bridgehead atoms. The van der Waals surface area contributed by atoms with E-state index in [2.05, 4.69) is 25.3 Å². The maximum Gasteiger partial charge on any atom is 0.228 e. The number of aromatic nitrogens is 5. The number of methoxy groups -OCH3 is 2. The molecule has 2 N–H and O–H groups in total. The number of anilines is 1. The van der Waals surface area contributed by atoms with Crippen LogP contribution < -0.4 is 10.1 Å². The van der Waals surface area contributed by atoms with Gasteiger partial charge in [0.15, 0.2) is 11.5 Å². The van der Waals surface area contributed by atoms with Gasteiger partial charge in [-0.1, -0.05) is 0 Å². The van der Waals surface area contributed by atoms with Crippen LogP contribution in [0.3, 0.4) is 0 Å². The minimum absolute atomic E-state index is 0.288. The smallest absolute Gasteiger partial charge is 0.228 e. The average molecular weight is 410 g/mol. The van der Waals surface area contributed by atoms with Gasteiger partial charge in [0.05, 0.1) is 18.6 Å². The number of H-pyrrole nitrogens is 1. The van der Waals surface area contributed by atoms with Crippen molar-refractivity contribution in [1.29, 1.82) is 0 Å². The van der Waals surface area contributed by atoms with Crippen LogP contribution in [-0.2, 0) is 4.74 Å². The van der Waals surface area contributed by atoms with E-state index in [9.17, 15) is 4.39 Å². The van der Waals surface area contributed by atoms with E-state index in [-0.39, 0.29) is 5.65 Å². The predicted octanol–water partition coefficient (Wildman–Crippen LogP) is 3.79. The summed E-state index contributed by atoms with van der Waals surface area (Å²) in [6.07, 6.45) is 11.3. The van der Waals surface area contributed by atoms with E-state index in [0.29, 0.717) is 40.6 Å². The molecule has 0 radical (unpaired) electrons. The van der Waals surface area contributed by atoms with Gasteiger partial charge >= 0.3 is 0 Å². The third-order valence-corrected chi connectivity index (χ3v) is 5.79. The number of hydrogen-bond acceptors (Lipinski definition) is 6. The Morgan fingerprint density at radius 3 is 2.80 bits per heavy atom. The third-order valence-electron chi connectivity index (χ3n) is 5.79. The van der Waals surface area contributed by atoms with E-state index < -0.39 is 5.82 Å². The van der Waals surface area contributed by atoms with E-state index in [1.165, 1.54) is 6.07 Å². The van der Waals surface area contributed by atoms with Gasteiger partial charge in [-0.3, -0.25) is 0 Å². The number of ether oxygens (including phenoxy) is 2. The number of pyridine rings is 1. The molecule has 1 saturated carbocycles.